The molecule has 7 heteroatoms. The predicted molar refractivity (Wildman–Crippen MR) is 119 cm³/mol. The van der Waals surface area contributed by atoms with Crippen LogP contribution >= 0.6 is 0 Å². The molecule has 0 N–H and O–H groups in total. The molecule has 32 heavy (non-hydrogen) atoms. The molecule has 4 aromatic rings. The van der Waals surface area contributed by atoms with Crippen molar-refractivity contribution in [3.8, 4) is 23.0 Å². The molecule has 1 aliphatic rings. The van der Waals surface area contributed by atoms with E-state index in [1.165, 1.54) is 0 Å². The average molecular weight is 430 g/mol. The third-order valence-corrected chi connectivity index (χ3v) is 5.44. The van der Waals surface area contributed by atoms with Gasteiger partial charge in [-0.1, -0.05) is 6.07 Å². The quantitative estimate of drug-likeness (QED) is 0.456. The summed E-state index contributed by atoms with van der Waals surface area (Å²) in [6.45, 7) is 3.47. The summed E-state index contributed by atoms with van der Waals surface area (Å²) in [7, 11) is 1.60. The lowest BCUT2D eigenvalue weighted by Crippen LogP contribution is -2.31. The van der Waals surface area contributed by atoms with Crippen LogP contribution in [-0.2, 0) is 13.1 Å². The Bertz CT molecular complexity index is 1320. The van der Waals surface area contributed by atoms with Gasteiger partial charge in [0.25, 0.3) is 0 Å². The van der Waals surface area contributed by atoms with E-state index in [1.807, 2.05) is 24.4 Å². The number of aryl methyl sites for hydroxylation is 1. The van der Waals surface area contributed by atoms with E-state index in [1.54, 1.807) is 50.6 Å². The number of fused-ring (bicyclic) bond motifs is 3. The van der Waals surface area contributed by atoms with E-state index in [-0.39, 0.29) is 11.2 Å². The first kappa shape index (κ1) is 20.1. The Hall–Kier alpha value is -3.84. The van der Waals surface area contributed by atoms with Crippen LogP contribution in [0.2, 0.25) is 0 Å². The maximum absolute atomic E-state index is 13.3. The van der Waals surface area contributed by atoms with Gasteiger partial charge in [-0.25, -0.2) is 0 Å². The molecule has 2 aromatic carbocycles. The zero-order chi connectivity index (χ0) is 22.1. The third-order valence-electron chi connectivity index (χ3n) is 5.44. The molecule has 3 heterocycles. The highest BCUT2D eigenvalue weighted by Gasteiger charge is 2.24. The first-order chi connectivity index (χ1) is 15.6. The van der Waals surface area contributed by atoms with Gasteiger partial charge >= 0.3 is 0 Å². The minimum Gasteiger partial charge on any atom is -0.497 e. The second-order valence-corrected chi connectivity index (χ2v) is 7.63. The molecular formula is C25H22N2O5. The smallest absolute Gasteiger partial charge is 0.235 e. The fourth-order valence-corrected chi connectivity index (χ4v) is 3.83. The summed E-state index contributed by atoms with van der Waals surface area (Å²) in [5, 5.41) is 0.463. The van der Waals surface area contributed by atoms with Crippen molar-refractivity contribution in [2.75, 3.05) is 13.8 Å². The van der Waals surface area contributed by atoms with Gasteiger partial charge in [0.15, 0.2) is 0 Å². The van der Waals surface area contributed by atoms with Gasteiger partial charge in [-0.2, -0.15) is 0 Å². The lowest BCUT2D eigenvalue weighted by atomic mass is 10.1. The van der Waals surface area contributed by atoms with Crippen molar-refractivity contribution < 1.29 is 18.6 Å². The highest BCUT2D eigenvalue weighted by molar-refractivity contribution is 5.83. The Morgan fingerprint density at radius 3 is 2.66 bits per heavy atom. The SMILES string of the molecule is COc1ccc(Oc2c(C)oc3c4c(ccc3c2=O)OCN(Cc2cccnc2)C4)cc1. The summed E-state index contributed by atoms with van der Waals surface area (Å²) < 4.78 is 23.1. The maximum Gasteiger partial charge on any atom is 0.235 e. The Labute approximate surface area is 184 Å². The highest BCUT2D eigenvalue weighted by Crippen LogP contribution is 2.34. The fraction of sp³-hybridized carbons (Fsp3) is 0.200. The normalized spacial score (nSPS) is 13.4. The predicted octanol–water partition coefficient (Wildman–Crippen LogP) is 4.65. The van der Waals surface area contributed by atoms with Crippen LogP contribution in [0.3, 0.4) is 0 Å². The average Bonchev–Trinajstić information content (AvgIpc) is 2.83. The fourth-order valence-electron chi connectivity index (χ4n) is 3.83. The van der Waals surface area contributed by atoms with Crippen molar-refractivity contribution in [1.29, 1.82) is 0 Å². The zero-order valence-corrected chi connectivity index (χ0v) is 17.8. The zero-order valence-electron chi connectivity index (χ0n) is 17.8. The number of hydrogen-bond donors (Lipinski definition) is 0. The molecular weight excluding hydrogens is 408 g/mol. The first-order valence-corrected chi connectivity index (χ1v) is 10.3. The van der Waals surface area contributed by atoms with E-state index >= 15 is 0 Å². The molecule has 0 bridgehead atoms. The van der Waals surface area contributed by atoms with E-state index in [0.717, 1.165) is 16.9 Å². The Kier molecular flexibility index (Phi) is 5.25. The minimum absolute atomic E-state index is 0.173. The van der Waals surface area contributed by atoms with Gasteiger partial charge in [0.05, 0.1) is 18.1 Å². The standard InChI is InChI=1S/C25H22N2O5/c1-16-24(32-19-7-5-18(29-2)6-8-19)23(28)20-9-10-22-21(25(20)31-16)14-27(15-30-22)13-17-4-3-11-26-12-17/h3-12H,13-15H2,1-2H3. The molecule has 0 saturated heterocycles. The van der Waals surface area contributed by atoms with Gasteiger partial charge < -0.3 is 18.6 Å². The Morgan fingerprint density at radius 2 is 1.91 bits per heavy atom. The first-order valence-electron chi connectivity index (χ1n) is 10.3. The lowest BCUT2D eigenvalue weighted by Gasteiger charge is -2.29. The van der Waals surface area contributed by atoms with Crippen molar-refractivity contribution in [3.63, 3.8) is 0 Å². The van der Waals surface area contributed by atoms with E-state index < -0.39 is 0 Å². The Morgan fingerprint density at radius 1 is 1.09 bits per heavy atom. The molecule has 0 radical (unpaired) electrons. The molecule has 1 aliphatic heterocycles. The second kappa shape index (κ2) is 8.36. The molecule has 0 spiro atoms. The molecule has 0 aliphatic carbocycles. The summed E-state index contributed by atoms with van der Waals surface area (Å²) >= 11 is 0. The van der Waals surface area contributed by atoms with Crippen LogP contribution in [0.25, 0.3) is 11.0 Å². The van der Waals surface area contributed by atoms with Gasteiger partial charge in [0.2, 0.25) is 11.2 Å². The summed E-state index contributed by atoms with van der Waals surface area (Å²) in [5.74, 6) is 2.56. The highest BCUT2D eigenvalue weighted by atomic mass is 16.5. The van der Waals surface area contributed by atoms with Crippen LogP contribution in [0, 0.1) is 6.92 Å². The summed E-state index contributed by atoms with van der Waals surface area (Å²) in [6, 6.07) is 14.5. The third kappa shape index (κ3) is 3.78. The molecule has 0 saturated carbocycles. The second-order valence-electron chi connectivity index (χ2n) is 7.63. The van der Waals surface area contributed by atoms with Crippen LogP contribution in [-0.4, -0.2) is 23.7 Å². The number of benzene rings is 2. The number of ether oxygens (including phenoxy) is 3. The largest absolute Gasteiger partial charge is 0.497 e. The number of nitrogens with zero attached hydrogens (tertiary/aromatic N) is 2. The van der Waals surface area contributed by atoms with Crippen LogP contribution < -0.4 is 19.6 Å². The van der Waals surface area contributed by atoms with Gasteiger partial charge in [-0.3, -0.25) is 14.7 Å². The summed E-state index contributed by atoms with van der Waals surface area (Å²) in [4.78, 5) is 19.6. The van der Waals surface area contributed by atoms with Crippen LogP contribution in [0.1, 0.15) is 16.9 Å². The van der Waals surface area contributed by atoms with Crippen molar-refractivity contribution >= 4 is 11.0 Å². The summed E-state index contributed by atoms with van der Waals surface area (Å²) in [5.41, 5.74) is 2.26. The molecule has 0 amide bonds. The van der Waals surface area contributed by atoms with Crippen LogP contribution in [0.5, 0.6) is 23.0 Å². The van der Waals surface area contributed by atoms with Crippen molar-refractivity contribution in [2.45, 2.75) is 20.0 Å². The van der Waals surface area contributed by atoms with Crippen LogP contribution in [0.4, 0.5) is 0 Å². The van der Waals surface area contributed by atoms with E-state index in [0.29, 0.717) is 48.0 Å². The number of hydrogen-bond acceptors (Lipinski definition) is 7. The molecule has 5 rings (SSSR count). The Balaban J connectivity index is 1.49. The van der Waals surface area contributed by atoms with E-state index in [4.69, 9.17) is 18.6 Å². The maximum atomic E-state index is 13.3. The minimum atomic E-state index is -0.216. The van der Waals surface area contributed by atoms with Gasteiger partial charge in [-0.05, 0) is 55.0 Å². The van der Waals surface area contributed by atoms with E-state index in [9.17, 15) is 4.79 Å². The van der Waals surface area contributed by atoms with Crippen molar-refractivity contribution in [1.82, 2.24) is 9.88 Å². The monoisotopic (exact) mass is 430 g/mol. The van der Waals surface area contributed by atoms with Crippen molar-refractivity contribution in [2.24, 2.45) is 0 Å². The molecule has 7 nitrogen and oxygen atoms in total. The van der Waals surface area contributed by atoms with Gasteiger partial charge in [-0.15, -0.1) is 0 Å². The molecule has 2 aromatic heterocycles. The molecule has 162 valence electrons. The number of methoxy groups -OCH3 is 1. The van der Waals surface area contributed by atoms with Crippen LogP contribution in [0.15, 0.2) is 70.1 Å². The number of rotatable bonds is 5. The van der Waals surface area contributed by atoms with E-state index in [2.05, 4.69) is 9.88 Å². The molecule has 0 atom stereocenters. The number of pyridine rings is 1. The molecule has 0 fully saturated rings. The topological polar surface area (TPSA) is 74.0 Å². The van der Waals surface area contributed by atoms with Gasteiger partial charge in [0.1, 0.15) is 35.3 Å². The van der Waals surface area contributed by atoms with Crippen molar-refractivity contribution in [3.05, 3.63) is 88.0 Å². The van der Waals surface area contributed by atoms with Gasteiger partial charge in [0, 0.05) is 25.5 Å². The molecule has 0 unspecified atom stereocenters. The lowest BCUT2D eigenvalue weighted by molar-refractivity contribution is 0.0889. The number of aromatic nitrogens is 1. The summed E-state index contributed by atoms with van der Waals surface area (Å²) in [6.07, 6.45) is 3.59.